The Labute approximate surface area is 148 Å². The molecule has 5 aromatic rings. The fourth-order valence-corrected chi connectivity index (χ4v) is 5.14. The average Bonchev–Trinajstić information content (AvgIpc) is 3.29. The third kappa shape index (κ3) is 1.69. The lowest BCUT2D eigenvalue weighted by Crippen LogP contribution is -2.31. The number of fused-ring (bicyclic) bond motifs is 7. The van der Waals surface area contributed by atoms with Crippen LogP contribution >= 0.6 is 11.3 Å². The first kappa shape index (κ1) is 13.3. The molecule has 0 aliphatic carbocycles. The number of para-hydroxylation sites is 1. The second-order valence-electron chi connectivity index (χ2n) is 6.33. The van der Waals surface area contributed by atoms with Crippen LogP contribution in [0.4, 0.5) is 0 Å². The van der Waals surface area contributed by atoms with Crippen molar-refractivity contribution in [3.8, 4) is 17.1 Å². The van der Waals surface area contributed by atoms with Gasteiger partial charge < -0.3 is 0 Å². The predicted octanol–water partition coefficient (Wildman–Crippen LogP) is 4.56. The van der Waals surface area contributed by atoms with Gasteiger partial charge in [-0.1, -0.05) is 41.7 Å². The Hall–Kier alpha value is -2.98. The largest absolute Gasteiger partial charge is 0.298 e. The lowest BCUT2D eigenvalue weighted by molar-refractivity contribution is -0.645. The summed E-state index contributed by atoms with van der Waals surface area (Å²) in [5, 5.41) is 1.33. The molecular formula is C21H14N3S+. The van der Waals surface area contributed by atoms with Crippen molar-refractivity contribution in [3.05, 3.63) is 78.6 Å². The predicted molar refractivity (Wildman–Crippen MR) is 101 cm³/mol. The summed E-state index contributed by atoms with van der Waals surface area (Å²) in [5.74, 6) is 1.24. The molecule has 0 fully saturated rings. The van der Waals surface area contributed by atoms with Crippen molar-refractivity contribution >= 4 is 31.8 Å². The zero-order chi connectivity index (χ0) is 16.4. The lowest BCUT2D eigenvalue weighted by atomic mass is 10.2. The van der Waals surface area contributed by atoms with E-state index < -0.39 is 0 Å². The van der Waals surface area contributed by atoms with Crippen LogP contribution < -0.4 is 4.57 Å². The molecular weight excluding hydrogens is 326 g/mol. The van der Waals surface area contributed by atoms with Crippen LogP contribution in [0.15, 0.2) is 72.9 Å². The molecule has 0 unspecified atom stereocenters. The van der Waals surface area contributed by atoms with Gasteiger partial charge in [0.05, 0.1) is 11.3 Å². The van der Waals surface area contributed by atoms with E-state index in [4.69, 9.17) is 0 Å². The first-order chi connectivity index (χ1) is 12.4. The summed E-state index contributed by atoms with van der Waals surface area (Å²) in [6.45, 7) is 0.836. The molecule has 1 aliphatic heterocycles. The highest BCUT2D eigenvalue weighted by molar-refractivity contribution is 7.25. The topological polar surface area (TPSA) is 21.7 Å². The second kappa shape index (κ2) is 4.77. The SMILES string of the molecule is c1ccc(-n2c3[n+](c4c5ccccc5sc42)Cc2ncccc2-3)cc1. The molecule has 0 saturated carbocycles. The van der Waals surface area contributed by atoms with Gasteiger partial charge in [0.2, 0.25) is 4.83 Å². The van der Waals surface area contributed by atoms with Crippen LogP contribution in [0.1, 0.15) is 5.69 Å². The van der Waals surface area contributed by atoms with Crippen molar-refractivity contribution in [2.75, 3.05) is 0 Å². The van der Waals surface area contributed by atoms with Crippen molar-refractivity contribution in [1.82, 2.24) is 9.55 Å². The zero-order valence-electron chi connectivity index (χ0n) is 13.4. The fourth-order valence-electron chi connectivity index (χ4n) is 3.91. The number of pyridine rings is 1. The molecule has 25 heavy (non-hydrogen) atoms. The van der Waals surface area contributed by atoms with E-state index in [9.17, 15) is 0 Å². The van der Waals surface area contributed by atoms with Crippen LogP contribution in [0.2, 0.25) is 0 Å². The molecule has 0 atom stereocenters. The Balaban J connectivity index is 1.83. The van der Waals surface area contributed by atoms with Gasteiger partial charge in [-0.05, 0) is 36.4 Å². The number of rotatable bonds is 1. The normalized spacial score (nSPS) is 12.6. The van der Waals surface area contributed by atoms with E-state index >= 15 is 0 Å². The van der Waals surface area contributed by atoms with Crippen molar-refractivity contribution in [2.24, 2.45) is 0 Å². The van der Waals surface area contributed by atoms with Crippen LogP contribution in [0.3, 0.4) is 0 Å². The molecule has 0 amide bonds. The van der Waals surface area contributed by atoms with E-state index in [2.05, 4.69) is 74.8 Å². The van der Waals surface area contributed by atoms with Gasteiger partial charge in [0.15, 0.2) is 5.52 Å². The average molecular weight is 340 g/mol. The lowest BCUT2D eigenvalue weighted by Gasteiger charge is -2.00. The summed E-state index contributed by atoms with van der Waals surface area (Å²) in [7, 11) is 0. The van der Waals surface area contributed by atoms with Gasteiger partial charge in [0.25, 0.3) is 5.82 Å². The highest BCUT2D eigenvalue weighted by Gasteiger charge is 2.37. The monoisotopic (exact) mass is 340 g/mol. The highest BCUT2D eigenvalue weighted by atomic mass is 32.1. The molecule has 3 nitrogen and oxygen atoms in total. The van der Waals surface area contributed by atoms with E-state index in [-0.39, 0.29) is 0 Å². The Morgan fingerprint density at radius 3 is 2.68 bits per heavy atom. The number of benzene rings is 2. The standard InChI is InChI=1S/C21H14N3S/c1-2-7-14(8-3-1)24-20-15-10-6-12-22-17(15)13-23(20)19-16-9-4-5-11-18(16)25-21(19)24/h1-12H,13H2/q+1. The minimum Gasteiger partial charge on any atom is -0.256 e. The number of hydrogen-bond acceptors (Lipinski definition) is 2. The van der Waals surface area contributed by atoms with Crippen molar-refractivity contribution in [1.29, 1.82) is 0 Å². The first-order valence-corrected chi connectivity index (χ1v) is 9.19. The van der Waals surface area contributed by atoms with E-state index in [1.54, 1.807) is 0 Å². The van der Waals surface area contributed by atoms with Gasteiger partial charge in [-0.15, -0.1) is 0 Å². The molecule has 6 rings (SSSR count). The maximum atomic E-state index is 4.62. The molecule has 4 heterocycles. The smallest absolute Gasteiger partial charge is 0.256 e. The van der Waals surface area contributed by atoms with Crippen LogP contribution in [0, 0.1) is 0 Å². The molecule has 1 aliphatic rings. The van der Waals surface area contributed by atoms with Gasteiger partial charge in [-0.2, -0.15) is 4.57 Å². The molecule has 0 N–H and O–H groups in total. The van der Waals surface area contributed by atoms with E-state index in [0.717, 1.165) is 12.2 Å². The number of hydrogen-bond donors (Lipinski definition) is 0. The summed E-state index contributed by atoms with van der Waals surface area (Å²) in [5.41, 5.74) is 4.90. The molecule has 0 bridgehead atoms. The minimum absolute atomic E-state index is 0.836. The van der Waals surface area contributed by atoms with Crippen LogP contribution in [-0.4, -0.2) is 9.55 Å². The molecule has 4 heteroatoms. The molecule has 0 saturated heterocycles. The van der Waals surface area contributed by atoms with E-state index in [1.807, 2.05) is 23.6 Å². The molecule has 118 valence electrons. The molecule has 0 radical (unpaired) electrons. The quantitative estimate of drug-likeness (QED) is 0.402. The van der Waals surface area contributed by atoms with Gasteiger partial charge in [-0.3, -0.25) is 4.98 Å². The van der Waals surface area contributed by atoms with Gasteiger partial charge >= 0.3 is 0 Å². The summed E-state index contributed by atoms with van der Waals surface area (Å²) < 4.78 is 6.16. The number of nitrogens with zero attached hydrogens (tertiary/aromatic N) is 3. The van der Waals surface area contributed by atoms with Crippen molar-refractivity contribution < 1.29 is 4.57 Å². The molecule has 0 spiro atoms. The highest BCUT2D eigenvalue weighted by Crippen LogP contribution is 2.39. The van der Waals surface area contributed by atoms with Crippen molar-refractivity contribution in [2.45, 2.75) is 6.54 Å². The van der Waals surface area contributed by atoms with Crippen LogP contribution in [0.25, 0.3) is 37.5 Å². The Kier molecular flexibility index (Phi) is 2.54. The third-order valence-electron chi connectivity index (χ3n) is 4.95. The molecule has 3 aromatic heterocycles. The molecule has 2 aromatic carbocycles. The zero-order valence-corrected chi connectivity index (χ0v) is 14.2. The maximum absolute atomic E-state index is 4.62. The Morgan fingerprint density at radius 1 is 0.920 bits per heavy atom. The summed E-state index contributed by atoms with van der Waals surface area (Å²) in [6.07, 6.45) is 1.89. The van der Waals surface area contributed by atoms with Gasteiger partial charge in [0.1, 0.15) is 12.2 Å². The first-order valence-electron chi connectivity index (χ1n) is 8.37. The Bertz CT molecular complexity index is 1260. The minimum atomic E-state index is 0.836. The fraction of sp³-hybridized carbons (Fsp3) is 0.0476. The summed E-state index contributed by atoms with van der Waals surface area (Å²) in [4.78, 5) is 5.92. The van der Waals surface area contributed by atoms with Crippen LogP contribution in [-0.2, 0) is 6.54 Å². The Morgan fingerprint density at radius 2 is 1.76 bits per heavy atom. The number of thiophene rings is 1. The maximum Gasteiger partial charge on any atom is 0.298 e. The van der Waals surface area contributed by atoms with E-state index in [0.29, 0.717) is 0 Å². The number of imidazole rings is 1. The van der Waals surface area contributed by atoms with Gasteiger partial charge in [-0.25, -0.2) is 4.57 Å². The summed E-state index contributed by atoms with van der Waals surface area (Å²) in [6, 6.07) is 23.5. The second-order valence-corrected chi connectivity index (χ2v) is 7.36. The number of aromatic nitrogens is 3. The summed E-state index contributed by atoms with van der Waals surface area (Å²) >= 11 is 1.86. The van der Waals surface area contributed by atoms with Crippen LogP contribution in [0.5, 0.6) is 0 Å². The van der Waals surface area contributed by atoms with Crippen molar-refractivity contribution in [3.63, 3.8) is 0 Å². The van der Waals surface area contributed by atoms with E-state index in [1.165, 1.54) is 37.5 Å². The third-order valence-corrected chi connectivity index (χ3v) is 6.09. The van der Waals surface area contributed by atoms with Gasteiger partial charge in [0, 0.05) is 16.3 Å².